The van der Waals surface area contributed by atoms with Gasteiger partial charge in [0.1, 0.15) is 0 Å². The van der Waals surface area contributed by atoms with Gasteiger partial charge in [0, 0.05) is 48.9 Å². The van der Waals surface area contributed by atoms with E-state index in [2.05, 4.69) is 23.4 Å². The molecule has 0 amide bonds. The highest BCUT2D eigenvalue weighted by molar-refractivity contribution is 5.62. The van der Waals surface area contributed by atoms with Crippen molar-refractivity contribution in [2.45, 2.75) is 26.4 Å². The Labute approximate surface area is 148 Å². The topological polar surface area (TPSA) is 63.0 Å². The van der Waals surface area contributed by atoms with E-state index in [1.807, 2.05) is 60.3 Å². The molecule has 0 fully saturated rings. The predicted molar refractivity (Wildman–Crippen MR) is 99.3 cm³/mol. The minimum Gasteiger partial charge on any atom is -0.396 e. The maximum atomic E-state index is 9.32. The zero-order valence-electron chi connectivity index (χ0n) is 14.6. The summed E-state index contributed by atoms with van der Waals surface area (Å²) in [4.78, 5) is 4.22. The van der Waals surface area contributed by atoms with Gasteiger partial charge in [0.15, 0.2) is 0 Å². The second-order valence-corrected chi connectivity index (χ2v) is 6.35. The van der Waals surface area contributed by atoms with E-state index in [4.69, 9.17) is 5.10 Å². The van der Waals surface area contributed by atoms with Gasteiger partial charge in [0.2, 0.25) is 0 Å². The molecule has 25 heavy (non-hydrogen) atoms. The molecule has 0 aliphatic carbocycles. The van der Waals surface area contributed by atoms with Crippen molar-refractivity contribution < 1.29 is 5.11 Å². The summed E-state index contributed by atoms with van der Waals surface area (Å²) in [5, 5.41) is 17.6. The van der Waals surface area contributed by atoms with Gasteiger partial charge < -0.3 is 10.4 Å². The first-order valence-corrected chi connectivity index (χ1v) is 8.57. The van der Waals surface area contributed by atoms with Crippen LogP contribution in [-0.4, -0.2) is 32.5 Å². The zero-order chi connectivity index (χ0) is 17.6. The van der Waals surface area contributed by atoms with Crippen molar-refractivity contribution in [2.24, 2.45) is 5.92 Å². The van der Waals surface area contributed by atoms with Crippen LogP contribution in [0.1, 0.15) is 19.4 Å². The summed E-state index contributed by atoms with van der Waals surface area (Å²) < 4.78 is 1.90. The summed E-state index contributed by atoms with van der Waals surface area (Å²) in [6.07, 6.45) is 5.66. The van der Waals surface area contributed by atoms with Gasteiger partial charge in [0.25, 0.3) is 0 Å². The fraction of sp³-hybridized carbons (Fsp3) is 0.300. The lowest BCUT2D eigenvalue weighted by Crippen LogP contribution is -2.33. The molecule has 3 aromatic rings. The molecule has 5 nitrogen and oxygen atoms in total. The molecule has 0 bridgehead atoms. The molecule has 2 heterocycles. The van der Waals surface area contributed by atoms with Crippen LogP contribution < -0.4 is 5.32 Å². The van der Waals surface area contributed by atoms with E-state index in [9.17, 15) is 5.11 Å². The second kappa shape index (κ2) is 8.05. The van der Waals surface area contributed by atoms with Crippen molar-refractivity contribution in [3.63, 3.8) is 0 Å². The van der Waals surface area contributed by atoms with Gasteiger partial charge in [-0.05, 0) is 37.1 Å². The number of nitrogens with zero attached hydrogens (tertiary/aromatic N) is 3. The van der Waals surface area contributed by atoms with E-state index in [1.54, 1.807) is 6.20 Å². The number of hydrogen-bond donors (Lipinski definition) is 2. The third-order valence-electron chi connectivity index (χ3n) is 4.50. The van der Waals surface area contributed by atoms with Crippen LogP contribution >= 0.6 is 0 Å². The maximum absolute atomic E-state index is 9.32. The molecule has 2 atom stereocenters. The lowest BCUT2D eigenvalue weighted by molar-refractivity contribution is 0.207. The van der Waals surface area contributed by atoms with Crippen molar-refractivity contribution in [1.82, 2.24) is 20.1 Å². The smallest absolute Gasteiger partial charge is 0.0988 e. The molecule has 0 spiro atoms. The molecule has 5 heteroatoms. The van der Waals surface area contributed by atoms with E-state index >= 15 is 0 Å². The molecule has 0 radical (unpaired) electrons. The van der Waals surface area contributed by atoms with Crippen molar-refractivity contribution in [3.05, 3.63) is 66.6 Å². The number of hydrogen-bond acceptors (Lipinski definition) is 4. The van der Waals surface area contributed by atoms with Gasteiger partial charge in [-0.2, -0.15) is 5.10 Å². The monoisotopic (exact) mass is 336 g/mol. The summed E-state index contributed by atoms with van der Waals surface area (Å²) in [7, 11) is 0. The summed E-state index contributed by atoms with van der Waals surface area (Å²) in [6.45, 7) is 4.98. The van der Waals surface area contributed by atoms with Crippen LogP contribution in [0.25, 0.3) is 16.9 Å². The Morgan fingerprint density at radius 2 is 1.92 bits per heavy atom. The molecule has 0 saturated carbocycles. The molecule has 0 aliphatic rings. The number of aliphatic hydroxyl groups excluding tert-OH is 1. The average molecular weight is 336 g/mol. The van der Waals surface area contributed by atoms with E-state index in [0.29, 0.717) is 6.54 Å². The molecular formula is C20H24N4O. The first kappa shape index (κ1) is 17.3. The SMILES string of the molecule is CC(CO)C(C)NCc1cn(-c2ccccc2)nc1-c1cccnc1. The number of benzene rings is 1. The number of pyridine rings is 1. The Morgan fingerprint density at radius 3 is 2.60 bits per heavy atom. The van der Waals surface area contributed by atoms with E-state index in [1.165, 1.54) is 0 Å². The molecule has 2 N–H and O–H groups in total. The van der Waals surface area contributed by atoms with Crippen LogP contribution in [0.2, 0.25) is 0 Å². The van der Waals surface area contributed by atoms with E-state index in [0.717, 1.165) is 22.5 Å². The Kier molecular flexibility index (Phi) is 5.58. The van der Waals surface area contributed by atoms with Gasteiger partial charge in [-0.25, -0.2) is 4.68 Å². The fourth-order valence-electron chi connectivity index (χ4n) is 2.63. The molecule has 0 aliphatic heterocycles. The normalized spacial score (nSPS) is 13.6. The number of aromatic nitrogens is 3. The van der Waals surface area contributed by atoms with E-state index in [-0.39, 0.29) is 18.6 Å². The average Bonchev–Trinajstić information content (AvgIpc) is 3.11. The quantitative estimate of drug-likeness (QED) is 0.696. The lowest BCUT2D eigenvalue weighted by Gasteiger charge is -2.19. The minimum atomic E-state index is 0.174. The molecule has 130 valence electrons. The predicted octanol–water partition coefficient (Wildman–Crippen LogP) is 3.04. The Morgan fingerprint density at radius 1 is 1.12 bits per heavy atom. The van der Waals surface area contributed by atoms with Crippen LogP contribution in [0.15, 0.2) is 61.1 Å². The lowest BCUT2D eigenvalue weighted by atomic mass is 10.0. The van der Waals surface area contributed by atoms with Crippen molar-refractivity contribution in [2.75, 3.05) is 6.61 Å². The van der Waals surface area contributed by atoms with Crippen LogP contribution in [0, 0.1) is 5.92 Å². The van der Waals surface area contributed by atoms with Crippen LogP contribution in [0.4, 0.5) is 0 Å². The Balaban J connectivity index is 1.91. The molecule has 0 saturated heterocycles. The standard InChI is InChI=1S/C20H24N4O/c1-15(14-25)16(2)22-12-18-13-24(19-8-4-3-5-9-19)23-20(18)17-7-6-10-21-11-17/h3-11,13,15-16,22,25H,12,14H2,1-2H3. The number of para-hydroxylation sites is 1. The van der Waals surface area contributed by atoms with Gasteiger partial charge >= 0.3 is 0 Å². The van der Waals surface area contributed by atoms with Crippen LogP contribution in [0.3, 0.4) is 0 Å². The largest absolute Gasteiger partial charge is 0.396 e. The van der Waals surface area contributed by atoms with Gasteiger partial charge in [-0.15, -0.1) is 0 Å². The minimum absolute atomic E-state index is 0.174. The third kappa shape index (κ3) is 4.13. The maximum Gasteiger partial charge on any atom is 0.0988 e. The number of rotatable bonds is 7. The fourth-order valence-corrected chi connectivity index (χ4v) is 2.63. The number of aliphatic hydroxyl groups is 1. The van der Waals surface area contributed by atoms with Gasteiger partial charge in [-0.3, -0.25) is 4.98 Å². The molecule has 2 unspecified atom stereocenters. The zero-order valence-corrected chi connectivity index (χ0v) is 14.6. The summed E-state index contributed by atoms with van der Waals surface area (Å²) in [5.74, 6) is 0.200. The Hall–Kier alpha value is -2.50. The third-order valence-corrected chi connectivity index (χ3v) is 4.50. The molecule has 2 aromatic heterocycles. The van der Waals surface area contributed by atoms with Crippen LogP contribution in [0.5, 0.6) is 0 Å². The van der Waals surface area contributed by atoms with Crippen molar-refractivity contribution >= 4 is 0 Å². The first-order valence-electron chi connectivity index (χ1n) is 8.57. The summed E-state index contributed by atoms with van der Waals surface area (Å²) >= 11 is 0. The van der Waals surface area contributed by atoms with Crippen molar-refractivity contribution in [1.29, 1.82) is 0 Å². The number of nitrogens with one attached hydrogen (secondary N) is 1. The first-order chi connectivity index (χ1) is 12.2. The second-order valence-electron chi connectivity index (χ2n) is 6.35. The summed E-state index contributed by atoms with van der Waals surface area (Å²) in [5.41, 5.74) is 4.05. The van der Waals surface area contributed by atoms with E-state index < -0.39 is 0 Å². The highest BCUT2D eigenvalue weighted by atomic mass is 16.3. The molecule has 3 rings (SSSR count). The highest BCUT2D eigenvalue weighted by Gasteiger charge is 2.15. The molecular weight excluding hydrogens is 312 g/mol. The van der Waals surface area contributed by atoms with Gasteiger partial charge in [-0.1, -0.05) is 25.1 Å². The van der Waals surface area contributed by atoms with Gasteiger partial charge in [0.05, 0.1) is 11.4 Å². The van der Waals surface area contributed by atoms with Crippen molar-refractivity contribution in [3.8, 4) is 16.9 Å². The Bertz CT molecular complexity index is 786. The summed E-state index contributed by atoms with van der Waals surface area (Å²) in [6, 6.07) is 14.2. The highest BCUT2D eigenvalue weighted by Crippen LogP contribution is 2.23. The molecule has 1 aromatic carbocycles. The van der Waals surface area contributed by atoms with Crippen LogP contribution in [-0.2, 0) is 6.54 Å².